The summed E-state index contributed by atoms with van der Waals surface area (Å²) in [6.45, 7) is 1.86. The molecular formula is C14H16FN3O. The number of nitriles is 1. The van der Waals surface area contributed by atoms with Gasteiger partial charge < -0.3 is 10.6 Å². The van der Waals surface area contributed by atoms with E-state index >= 15 is 0 Å². The van der Waals surface area contributed by atoms with Crippen molar-refractivity contribution in [2.75, 3.05) is 18.4 Å². The Kier molecular flexibility index (Phi) is 4.48. The molecule has 0 spiro atoms. The van der Waals surface area contributed by atoms with E-state index in [2.05, 4.69) is 10.6 Å². The number of carbonyl (C=O) groups is 1. The summed E-state index contributed by atoms with van der Waals surface area (Å²) in [5.74, 6) is -0.275. The summed E-state index contributed by atoms with van der Waals surface area (Å²) in [6, 6.07) is 5.66. The second-order valence-corrected chi connectivity index (χ2v) is 4.77. The van der Waals surface area contributed by atoms with Crippen LogP contribution in [-0.4, -0.2) is 19.0 Å². The first-order valence-corrected chi connectivity index (χ1v) is 6.39. The minimum atomic E-state index is -0.481. The maximum Gasteiger partial charge on any atom is 0.224 e. The van der Waals surface area contributed by atoms with Crippen molar-refractivity contribution in [3.8, 4) is 6.07 Å². The molecule has 1 atom stereocenters. The average Bonchev–Trinajstić information content (AvgIpc) is 2.42. The van der Waals surface area contributed by atoms with Crippen molar-refractivity contribution in [2.24, 2.45) is 5.92 Å². The zero-order valence-corrected chi connectivity index (χ0v) is 10.6. The Morgan fingerprint density at radius 1 is 1.58 bits per heavy atom. The first-order valence-electron chi connectivity index (χ1n) is 6.39. The standard InChI is InChI=1S/C14H16FN3O/c15-12-3-4-13(11(7-12)8-16)18-14(19)6-10-2-1-5-17-9-10/h3-4,7,10,17H,1-2,5-6,9H2,(H,18,19). The van der Waals surface area contributed by atoms with Crippen molar-refractivity contribution in [1.29, 1.82) is 5.26 Å². The van der Waals surface area contributed by atoms with Gasteiger partial charge in [-0.1, -0.05) is 0 Å². The van der Waals surface area contributed by atoms with Crippen LogP contribution >= 0.6 is 0 Å². The molecule has 1 aliphatic rings. The number of nitrogens with zero attached hydrogens (tertiary/aromatic N) is 1. The van der Waals surface area contributed by atoms with Crippen molar-refractivity contribution in [1.82, 2.24) is 5.32 Å². The number of anilines is 1. The number of benzene rings is 1. The first-order chi connectivity index (χ1) is 9.19. The number of hydrogen-bond acceptors (Lipinski definition) is 3. The van der Waals surface area contributed by atoms with Crippen molar-refractivity contribution < 1.29 is 9.18 Å². The van der Waals surface area contributed by atoms with Crippen LogP contribution in [0.4, 0.5) is 10.1 Å². The van der Waals surface area contributed by atoms with Crippen LogP contribution in [0.1, 0.15) is 24.8 Å². The predicted octanol–water partition coefficient (Wildman–Crippen LogP) is 2.03. The summed E-state index contributed by atoms with van der Waals surface area (Å²) < 4.78 is 13.0. The highest BCUT2D eigenvalue weighted by molar-refractivity contribution is 5.92. The number of piperidine rings is 1. The number of rotatable bonds is 3. The van der Waals surface area contributed by atoms with Crippen LogP contribution in [0.2, 0.25) is 0 Å². The van der Waals surface area contributed by atoms with Gasteiger partial charge in [0, 0.05) is 6.42 Å². The Bertz CT molecular complexity index is 504. The van der Waals surface area contributed by atoms with Gasteiger partial charge in [0.1, 0.15) is 11.9 Å². The molecule has 1 amide bonds. The van der Waals surface area contributed by atoms with E-state index in [1.807, 2.05) is 6.07 Å². The summed E-state index contributed by atoms with van der Waals surface area (Å²) in [7, 11) is 0. The second kappa shape index (κ2) is 6.30. The smallest absolute Gasteiger partial charge is 0.224 e. The van der Waals surface area contributed by atoms with E-state index in [1.165, 1.54) is 12.1 Å². The molecule has 1 aliphatic heterocycles. The molecular weight excluding hydrogens is 245 g/mol. The van der Waals surface area contributed by atoms with Crippen molar-refractivity contribution >= 4 is 11.6 Å². The molecule has 1 aromatic rings. The van der Waals surface area contributed by atoms with Crippen LogP contribution in [0.5, 0.6) is 0 Å². The SMILES string of the molecule is N#Cc1cc(F)ccc1NC(=O)CC1CCCNC1. The van der Waals surface area contributed by atoms with Gasteiger partial charge in [-0.2, -0.15) is 5.26 Å². The fourth-order valence-corrected chi connectivity index (χ4v) is 2.28. The lowest BCUT2D eigenvalue weighted by molar-refractivity contribution is -0.117. The van der Waals surface area contributed by atoms with Gasteiger partial charge in [0.2, 0.25) is 5.91 Å². The number of carbonyl (C=O) groups excluding carboxylic acids is 1. The van der Waals surface area contributed by atoms with Crippen molar-refractivity contribution in [3.05, 3.63) is 29.6 Å². The highest BCUT2D eigenvalue weighted by atomic mass is 19.1. The lowest BCUT2D eigenvalue weighted by Crippen LogP contribution is -2.32. The molecule has 1 unspecified atom stereocenters. The molecule has 4 nitrogen and oxygen atoms in total. The first kappa shape index (κ1) is 13.5. The highest BCUT2D eigenvalue weighted by Crippen LogP contribution is 2.18. The van der Waals surface area contributed by atoms with Gasteiger partial charge in [-0.3, -0.25) is 4.79 Å². The van der Waals surface area contributed by atoms with E-state index in [-0.39, 0.29) is 11.5 Å². The summed E-state index contributed by atoms with van der Waals surface area (Å²) in [6.07, 6.45) is 2.54. The third-order valence-corrected chi connectivity index (χ3v) is 3.25. The highest BCUT2D eigenvalue weighted by Gasteiger charge is 2.17. The van der Waals surface area contributed by atoms with E-state index < -0.39 is 5.82 Å². The Hall–Kier alpha value is -1.93. The fraction of sp³-hybridized carbons (Fsp3) is 0.429. The van der Waals surface area contributed by atoms with E-state index in [9.17, 15) is 9.18 Å². The maximum absolute atomic E-state index is 13.0. The maximum atomic E-state index is 13.0. The van der Waals surface area contributed by atoms with Gasteiger partial charge in [-0.25, -0.2) is 4.39 Å². The Balaban J connectivity index is 1.97. The second-order valence-electron chi connectivity index (χ2n) is 4.77. The number of amides is 1. The molecule has 0 saturated carbocycles. The number of nitrogens with one attached hydrogen (secondary N) is 2. The van der Waals surface area contributed by atoms with E-state index in [0.717, 1.165) is 32.0 Å². The van der Waals surface area contributed by atoms with Crippen LogP contribution in [0, 0.1) is 23.1 Å². The molecule has 0 aliphatic carbocycles. The third-order valence-electron chi connectivity index (χ3n) is 3.25. The molecule has 0 radical (unpaired) electrons. The molecule has 19 heavy (non-hydrogen) atoms. The molecule has 1 heterocycles. The van der Waals surface area contributed by atoms with Crippen LogP contribution < -0.4 is 10.6 Å². The average molecular weight is 261 g/mol. The molecule has 1 aromatic carbocycles. The van der Waals surface area contributed by atoms with Crippen LogP contribution in [0.3, 0.4) is 0 Å². The summed E-state index contributed by atoms with van der Waals surface area (Å²) >= 11 is 0. The molecule has 100 valence electrons. The van der Waals surface area contributed by atoms with Crippen molar-refractivity contribution in [2.45, 2.75) is 19.3 Å². The summed E-state index contributed by atoms with van der Waals surface area (Å²) in [5.41, 5.74) is 0.521. The molecule has 1 fully saturated rings. The zero-order valence-electron chi connectivity index (χ0n) is 10.6. The topological polar surface area (TPSA) is 64.9 Å². The molecule has 2 rings (SSSR count). The minimum Gasteiger partial charge on any atom is -0.325 e. The number of halogens is 1. The van der Waals surface area contributed by atoms with Gasteiger partial charge in [0.25, 0.3) is 0 Å². The van der Waals surface area contributed by atoms with Gasteiger partial charge in [-0.05, 0) is 50.0 Å². The van der Waals surface area contributed by atoms with Gasteiger partial charge >= 0.3 is 0 Å². The zero-order chi connectivity index (χ0) is 13.7. The molecule has 2 N–H and O–H groups in total. The van der Waals surface area contributed by atoms with Crippen LogP contribution in [-0.2, 0) is 4.79 Å². The lowest BCUT2D eigenvalue weighted by atomic mass is 9.96. The van der Waals surface area contributed by atoms with Crippen LogP contribution in [0.25, 0.3) is 0 Å². The van der Waals surface area contributed by atoms with Gasteiger partial charge in [0.05, 0.1) is 11.3 Å². The van der Waals surface area contributed by atoms with E-state index in [4.69, 9.17) is 5.26 Å². The summed E-state index contributed by atoms with van der Waals surface area (Å²) in [5, 5.41) is 14.8. The van der Waals surface area contributed by atoms with Crippen molar-refractivity contribution in [3.63, 3.8) is 0 Å². The lowest BCUT2D eigenvalue weighted by Gasteiger charge is -2.22. The molecule has 0 aromatic heterocycles. The van der Waals surface area contributed by atoms with Gasteiger partial charge in [0.15, 0.2) is 0 Å². The summed E-state index contributed by atoms with van der Waals surface area (Å²) in [4.78, 5) is 11.9. The quantitative estimate of drug-likeness (QED) is 0.875. The Morgan fingerprint density at radius 2 is 2.42 bits per heavy atom. The van der Waals surface area contributed by atoms with Crippen LogP contribution in [0.15, 0.2) is 18.2 Å². The Labute approximate surface area is 111 Å². The minimum absolute atomic E-state index is 0.128. The number of hydrogen-bond donors (Lipinski definition) is 2. The van der Waals surface area contributed by atoms with Gasteiger partial charge in [-0.15, -0.1) is 0 Å². The van der Waals surface area contributed by atoms with E-state index in [1.54, 1.807) is 0 Å². The predicted molar refractivity (Wildman–Crippen MR) is 70.0 cm³/mol. The van der Waals surface area contributed by atoms with E-state index in [0.29, 0.717) is 18.0 Å². The third kappa shape index (κ3) is 3.76. The largest absolute Gasteiger partial charge is 0.325 e. The monoisotopic (exact) mass is 261 g/mol. The normalized spacial score (nSPS) is 18.6. The Morgan fingerprint density at radius 3 is 3.11 bits per heavy atom. The molecule has 0 bridgehead atoms. The molecule has 5 heteroatoms. The fourth-order valence-electron chi connectivity index (χ4n) is 2.28. The molecule has 1 saturated heterocycles.